The van der Waals surface area contributed by atoms with E-state index < -0.39 is 5.91 Å². The van der Waals surface area contributed by atoms with Gasteiger partial charge in [0.05, 0.1) is 10.7 Å². The van der Waals surface area contributed by atoms with E-state index in [2.05, 4.69) is 22.8 Å². The molecular weight excluding hydrogens is 369 g/mol. The molecule has 2 N–H and O–H groups in total. The Morgan fingerprint density at radius 3 is 2.58 bits per heavy atom. The molecule has 0 unspecified atom stereocenters. The molecule has 2 aromatic rings. The molecule has 0 saturated carbocycles. The predicted octanol–water partition coefficient (Wildman–Crippen LogP) is 4.95. The molecule has 0 heterocycles. The number of carbonyl (C=O) groups is 1. The lowest BCUT2D eigenvalue weighted by atomic mass is 10.1. The largest absolute Gasteiger partial charge is 0.390 e. The number of nitrogens with zero attached hydrogens (tertiary/aromatic N) is 1. The van der Waals surface area contributed by atoms with Gasteiger partial charge in [0.15, 0.2) is 0 Å². The van der Waals surface area contributed by atoms with E-state index in [4.69, 9.17) is 28.5 Å². The molecule has 0 bridgehead atoms. The van der Waals surface area contributed by atoms with Gasteiger partial charge in [-0.15, -0.1) is 0 Å². The number of nitrogens with one attached hydrogen (secondary N) is 2. The molecule has 0 saturated heterocycles. The van der Waals surface area contributed by atoms with E-state index in [1.54, 1.807) is 12.1 Å². The van der Waals surface area contributed by atoms with Crippen LogP contribution in [-0.4, -0.2) is 12.5 Å². The summed E-state index contributed by atoms with van der Waals surface area (Å²) >= 11 is 11.8. The second kappa shape index (κ2) is 10.5. The van der Waals surface area contributed by atoms with Crippen LogP contribution in [0.4, 0.5) is 5.69 Å². The first-order chi connectivity index (χ1) is 12.6. The zero-order valence-corrected chi connectivity index (χ0v) is 15.6. The molecule has 2 rings (SSSR count). The molecular formula is C20H19Cl2N3O. The molecule has 134 valence electrons. The van der Waals surface area contributed by atoms with Gasteiger partial charge in [0.25, 0.3) is 5.91 Å². The Morgan fingerprint density at radius 2 is 1.88 bits per heavy atom. The Kier molecular flexibility index (Phi) is 8.01. The van der Waals surface area contributed by atoms with Gasteiger partial charge >= 0.3 is 0 Å². The van der Waals surface area contributed by atoms with Crippen LogP contribution in [0.15, 0.2) is 60.3 Å². The van der Waals surface area contributed by atoms with E-state index in [-0.39, 0.29) is 5.57 Å². The van der Waals surface area contributed by atoms with E-state index in [0.29, 0.717) is 22.3 Å². The Hall–Kier alpha value is -2.48. The standard InChI is InChI=1S/C20H19Cl2N3O/c21-17-9-10-19(18(22)12-17)25-20(26)16(13-23)14-24-11-5-4-8-15-6-2-1-3-7-15/h1-3,6-7,9-10,12,14,24H,4-5,8,11H2,(H,25,26)/b16-14-. The molecule has 0 aliphatic carbocycles. The smallest absolute Gasteiger partial charge is 0.267 e. The number of unbranched alkanes of at least 4 members (excludes halogenated alkanes) is 1. The van der Waals surface area contributed by atoms with Crippen molar-refractivity contribution in [2.45, 2.75) is 19.3 Å². The summed E-state index contributed by atoms with van der Waals surface area (Å²) in [6.45, 7) is 0.687. The highest BCUT2D eigenvalue weighted by molar-refractivity contribution is 6.36. The molecule has 4 nitrogen and oxygen atoms in total. The number of anilines is 1. The summed E-state index contributed by atoms with van der Waals surface area (Å²) in [6, 6.07) is 16.9. The summed E-state index contributed by atoms with van der Waals surface area (Å²) in [4.78, 5) is 12.2. The molecule has 0 aliphatic heterocycles. The number of aryl methyl sites for hydroxylation is 1. The summed E-state index contributed by atoms with van der Waals surface area (Å²) in [7, 11) is 0. The number of amides is 1. The SMILES string of the molecule is N#C/C(=C/NCCCCc1ccccc1)C(=O)Nc1ccc(Cl)cc1Cl. The lowest BCUT2D eigenvalue weighted by Crippen LogP contribution is -2.17. The minimum atomic E-state index is -0.520. The predicted molar refractivity (Wildman–Crippen MR) is 106 cm³/mol. The molecule has 6 heteroatoms. The van der Waals surface area contributed by atoms with E-state index in [0.717, 1.165) is 19.3 Å². The minimum Gasteiger partial charge on any atom is -0.390 e. The van der Waals surface area contributed by atoms with Crippen molar-refractivity contribution < 1.29 is 4.79 Å². The molecule has 0 spiro atoms. The normalized spacial score (nSPS) is 10.9. The highest BCUT2D eigenvalue weighted by atomic mass is 35.5. The number of hydrogen-bond acceptors (Lipinski definition) is 3. The van der Waals surface area contributed by atoms with Gasteiger partial charge in [-0.1, -0.05) is 53.5 Å². The van der Waals surface area contributed by atoms with Crippen LogP contribution in [0, 0.1) is 11.3 Å². The van der Waals surface area contributed by atoms with E-state index in [1.165, 1.54) is 17.8 Å². The lowest BCUT2D eigenvalue weighted by Gasteiger charge is -2.07. The van der Waals surface area contributed by atoms with Gasteiger partial charge in [0.1, 0.15) is 11.6 Å². The molecule has 1 amide bonds. The van der Waals surface area contributed by atoms with Crippen LogP contribution in [0.1, 0.15) is 18.4 Å². The third kappa shape index (κ3) is 6.44. The first-order valence-electron chi connectivity index (χ1n) is 8.24. The van der Waals surface area contributed by atoms with E-state index in [1.807, 2.05) is 24.3 Å². The van der Waals surface area contributed by atoms with Crippen LogP contribution in [0.2, 0.25) is 10.0 Å². The quantitative estimate of drug-likeness (QED) is 0.382. The number of benzene rings is 2. The average molecular weight is 388 g/mol. The van der Waals surface area contributed by atoms with Crippen molar-refractivity contribution in [3.63, 3.8) is 0 Å². The van der Waals surface area contributed by atoms with Crippen LogP contribution in [0.5, 0.6) is 0 Å². The number of nitriles is 1. The van der Waals surface area contributed by atoms with Gasteiger partial charge in [0.2, 0.25) is 0 Å². The fourth-order valence-electron chi connectivity index (χ4n) is 2.30. The van der Waals surface area contributed by atoms with Crippen LogP contribution < -0.4 is 10.6 Å². The maximum absolute atomic E-state index is 12.2. The number of hydrogen-bond donors (Lipinski definition) is 2. The van der Waals surface area contributed by atoms with Gasteiger partial charge in [-0.05, 0) is 43.0 Å². The van der Waals surface area contributed by atoms with E-state index >= 15 is 0 Å². The van der Waals surface area contributed by atoms with Crippen molar-refractivity contribution >= 4 is 34.8 Å². The van der Waals surface area contributed by atoms with Crippen LogP contribution >= 0.6 is 23.2 Å². The van der Waals surface area contributed by atoms with Crippen LogP contribution in [0.25, 0.3) is 0 Å². The lowest BCUT2D eigenvalue weighted by molar-refractivity contribution is -0.112. The zero-order valence-electron chi connectivity index (χ0n) is 14.1. The maximum atomic E-state index is 12.2. The summed E-state index contributed by atoms with van der Waals surface area (Å²) in [5.41, 5.74) is 1.70. The number of carbonyl (C=O) groups excluding carboxylic acids is 1. The first kappa shape index (κ1) is 19.8. The summed E-state index contributed by atoms with van der Waals surface area (Å²) in [5, 5.41) is 15.6. The second-order valence-corrected chi connectivity index (χ2v) is 6.49. The van der Waals surface area contributed by atoms with E-state index in [9.17, 15) is 4.79 Å². The monoisotopic (exact) mass is 387 g/mol. The Morgan fingerprint density at radius 1 is 1.12 bits per heavy atom. The Bertz CT molecular complexity index is 814. The minimum absolute atomic E-state index is 0.0147. The summed E-state index contributed by atoms with van der Waals surface area (Å²) in [5.74, 6) is -0.520. The Labute approximate surface area is 163 Å². The second-order valence-electron chi connectivity index (χ2n) is 5.64. The number of halogens is 2. The average Bonchev–Trinajstić information content (AvgIpc) is 2.64. The van der Waals surface area contributed by atoms with Crippen LogP contribution in [0.3, 0.4) is 0 Å². The van der Waals surface area contributed by atoms with Crippen molar-refractivity contribution in [3.8, 4) is 6.07 Å². The van der Waals surface area contributed by atoms with Gasteiger partial charge < -0.3 is 10.6 Å². The molecule has 0 aromatic heterocycles. The maximum Gasteiger partial charge on any atom is 0.267 e. The zero-order chi connectivity index (χ0) is 18.8. The van der Waals surface area contributed by atoms with Crippen molar-refractivity contribution in [1.29, 1.82) is 5.26 Å². The van der Waals surface area contributed by atoms with Crippen molar-refractivity contribution in [1.82, 2.24) is 5.32 Å². The third-order valence-corrected chi connectivity index (χ3v) is 4.22. The van der Waals surface area contributed by atoms with Gasteiger partial charge in [0, 0.05) is 17.8 Å². The van der Waals surface area contributed by atoms with Crippen molar-refractivity contribution in [2.24, 2.45) is 0 Å². The Balaban J connectivity index is 1.78. The summed E-state index contributed by atoms with van der Waals surface area (Å²) < 4.78 is 0. The van der Waals surface area contributed by atoms with Gasteiger partial charge in [-0.3, -0.25) is 4.79 Å². The molecule has 2 aromatic carbocycles. The highest BCUT2D eigenvalue weighted by Gasteiger charge is 2.11. The molecule has 0 radical (unpaired) electrons. The fraction of sp³-hybridized carbons (Fsp3) is 0.200. The van der Waals surface area contributed by atoms with Gasteiger partial charge in [-0.25, -0.2) is 0 Å². The molecule has 0 atom stereocenters. The highest BCUT2D eigenvalue weighted by Crippen LogP contribution is 2.25. The van der Waals surface area contributed by atoms with Crippen molar-refractivity contribution in [2.75, 3.05) is 11.9 Å². The van der Waals surface area contributed by atoms with Gasteiger partial charge in [-0.2, -0.15) is 5.26 Å². The summed E-state index contributed by atoms with van der Waals surface area (Å²) in [6.07, 6.45) is 4.41. The molecule has 0 fully saturated rings. The molecule has 26 heavy (non-hydrogen) atoms. The van der Waals surface area contributed by atoms with Crippen molar-refractivity contribution in [3.05, 3.63) is 75.9 Å². The first-order valence-corrected chi connectivity index (χ1v) is 8.99. The number of rotatable bonds is 8. The molecule has 0 aliphatic rings. The third-order valence-electron chi connectivity index (χ3n) is 3.67. The van der Waals surface area contributed by atoms with Crippen LogP contribution in [-0.2, 0) is 11.2 Å². The topological polar surface area (TPSA) is 64.9 Å². The fourth-order valence-corrected chi connectivity index (χ4v) is 2.76.